The predicted molar refractivity (Wildman–Crippen MR) is 130 cm³/mol. The van der Waals surface area contributed by atoms with Crippen molar-refractivity contribution in [1.29, 1.82) is 0 Å². The number of likely N-dealkylation sites (tertiary alicyclic amines) is 1. The van der Waals surface area contributed by atoms with E-state index in [0.717, 1.165) is 18.4 Å². The maximum absolute atomic E-state index is 13.5. The van der Waals surface area contributed by atoms with Crippen molar-refractivity contribution in [2.45, 2.75) is 51.6 Å². The van der Waals surface area contributed by atoms with Gasteiger partial charge >= 0.3 is 0 Å². The molecule has 1 aromatic rings. The van der Waals surface area contributed by atoms with Crippen molar-refractivity contribution in [3.05, 3.63) is 34.9 Å². The van der Waals surface area contributed by atoms with Crippen molar-refractivity contribution in [2.24, 2.45) is 11.8 Å². The number of nitrogens with zero attached hydrogens (tertiary/aromatic N) is 2. The first-order chi connectivity index (χ1) is 15.9. The molecule has 2 aliphatic rings. The Bertz CT molecular complexity index is 855. The van der Waals surface area contributed by atoms with Crippen molar-refractivity contribution in [2.75, 3.05) is 25.1 Å². The van der Waals surface area contributed by atoms with Gasteiger partial charge in [0.15, 0.2) is 0 Å². The van der Waals surface area contributed by atoms with Gasteiger partial charge in [-0.1, -0.05) is 36.6 Å². The van der Waals surface area contributed by atoms with Gasteiger partial charge in [0.2, 0.25) is 23.6 Å². The van der Waals surface area contributed by atoms with Gasteiger partial charge in [0.25, 0.3) is 0 Å². The van der Waals surface area contributed by atoms with E-state index in [1.165, 1.54) is 9.80 Å². The number of nitrogens with one attached hydrogen (secondary N) is 1. The molecular formula is C24H32ClN3O4S. The number of imide groups is 1. The zero-order valence-electron chi connectivity index (χ0n) is 19.2. The molecule has 0 aromatic heterocycles. The number of hydrogen-bond acceptors (Lipinski definition) is 5. The minimum atomic E-state index is -0.855. The predicted octanol–water partition coefficient (Wildman–Crippen LogP) is 3.10. The normalized spacial score (nSPS) is 21.0. The van der Waals surface area contributed by atoms with Crippen LogP contribution in [0, 0.1) is 11.8 Å². The number of carbonyl (C=O) groups is 4. The summed E-state index contributed by atoms with van der Waals surface area (Å²) < 4.78 is 0. The Hall–Kier alpha value is -2.06. The Labute approximate surface area is 204 Å². The number of benzene rings is 1. The van der Waals surface area contributed by atoms with Gasteiger partial charge in [-0.05, 0) is 55.9 Å². The zero-order valence-corrected chi connectivity index (χ0v) is 20.8. The fraction of sp³-hybridized carbons (Fsp3) is 0.583. The van der Waals surface area contributed by atoms with E-state index in [1.807, 2.05) is 18.4 Å². The van der Waals surface area contributed by atoms with E-state index >= 15 is 0 Å². The van der Waals surface area contributed by atoms with Crippen molar-refractivity contribution < 1.29 is 19.2 Å². The second-order valence-electron chi connectivity index (χ2n) is 8.60. The van der Waals surface area contributed by atoms with Crippen molar-refractivity contribution in [1.82, 2.24) is 15.1 Å². The monoisotopic (exact) mass is 493 g/mol. The second-order valence-corrected chi connectivity index (χ2v) is 10.0. The van der Waals surface area contributed by atoms with Gasteiger partial charge in [-0.2, -0.15) is 11.8 Å². The number of amides is 4. The summed E-state index contributed by atoms with van der Waals surface area (Å²) in [6.07, 6.45) is 5.61. The van der Waals surface area contributed by atoms with Crippen LogP contribution in [-0.2, 0) is 25.7 Å². The maximum Gasteiger partial charge on any atom is 0.246 e. The maximum atomic E-state index is 13.5. The van der Waals surface area contributed by atoms with Crippen LogP contribution in [0.3, 0.4) is 0 Å². The third-order valence-electron chi connectivity index (χ3n) is 6.50. The number of hydrogen-bond donors (Lipinski definition) is 1. The Kier molecular flexibility index (Phi) is 9.20. The summed E-state index contributed by atoms with van der Waals surface area (Å²) in [5, 5.41) is 3.44. The van der Waals surface area contributed by atoms with E-state index in [0.29, 0.717) is 43.1 Å². The van der Waals surface area contributed by atoms with Crippen molar-refractivity contribution in [3.8, 4) is 0 Å². The average Bonchev–Trinajstić information content (AvgIpc) is 3.07. The Balaban J connectivity index is 1.68. The smallest absolute Gasteiger partial charge is 0.246 e. The first kappa shape index (κ1) is 25.6. The van der Waals surface area contributed by atoms with Gasteiger partial charge < -0.3 is 10.2 Å². The molecule has 1 heterocycles. The molecule has 0 radical (unpaired) electrons. The summed E-state index contributed by atoms with van der Waals surface area (Å²) in [4.78, 5) is 54.9. The quantitative estimate of drug-likeness (QED) is 0.506. The molecule has 1 N–H and O–H groups in total. The summed E-state index contributed by atoms with van der Waals surface area (Å²) in [5.41, 5.74) is 0.899. The SMILES string of the molecule is CCN(CC(=O)NCc1ccc(Cl)cc1)C(=O)C(CCSC)N1C(=O)C2CCCCC2C1=O. The second kappa shape index (κ2) is 11.9. The molecule has 180 valence electrons. The van der Waals surface area contributed by atoms with Crippen LogP contribution in [0.2, 0.25) is 5.02 Å². The lowest BCUT2D eigenvalue weighted by Gasteiger charge is -2.31. The van der Waals surface area contributed by atoms with Crippen LogP contribution in [0.5, 0.6) is 0 Å². The first-order valence-electron chi connectivity index (χ1n) is 11.5. The molecule has 0 bridgehead atoms. The minimum absolute atomic E-state index is 0.123. The molecule has 1 saturated carbocycles. The topological polar surface area (TPSA) is 86.8 Å². The van der Waals surface area contributed by atoms with E-state index in [1.54, 1.807) is 30.8 Å². The summed E-state index contributed by atoms with van der Waals surface area (Å²) in [6, 6.07) is 6.31. The highest BCUT2D eigenvalue weighted by Crippen LogP contribution is 2.39. The molecule has 3 unspecified atom stereocenters. The van der Waals surface area contributed by atoms with E-state index in [2.05, 4.69) is 5.32 Å². The molecule has 0 spiro atoms. The third kappa shape index (κ3) is 6.09. The number of rotatable bonds is 10. The summed E-state index contributed by atoms with van der Waals surface area (Å²) in [5.74, 6) is -1.02. The van der Waals surface area contributed by atoms with Gasteiger partial charge in [0.05, 0.1) is 18.4 Å². The number of thioether (sulfide) groups is 1. The summed E-state index contributed by atoms with van der Waals surface area (Å²) >= 11 is 7.46. The molecule has 1 saturated heterocycles. The number of fused-ring (bicyclic) bond motifs is 1. The van der Waals surface area contributed by atoms with E-state index in [9.17, 15) is 19.2 Å². The van der Waals surface area contributed by atoms with E-state index < -0.39 is 6.04 Å². The fourth-order valence-electron chi connectivity index (χ4n) is 4.68. The van der Waals surface area contributed by atoms with Crippen molar-refractivity contribution >= 4 is 47.0 Å². The Morgan fingerprint density at radius 2 is 1.76 bits per heavy atom. The van der Waals surface area contributed by atoms with Gasteiger partial charge in [-0.3, -0.25) is 24.1 Å². The van der Waals surface area contributed by atoms with Crippen LogP contribution in [0.4, 0.5) is 0 Å². The van der Waals surface area contributed by atoms with Crippen LogP contribution in [-0.4, -0.2) is 64.6 Å². The minimum Gasteiger partial charge on any atom is -0.350 e. The third-order valence-corrected chi connectivity index (χ3v) is 7.39. The number of carbonyl (C=O) groups excluding carboxylic acids is 4. The molecular weight excluding hydrogens is 462 g/mol. The van der Waals surface area contributed by atoms with Gasteiger partial charge in [-0.15, -0.1) is 0 Å². The zero-order chi connectivity index (χ0) is 24.0. The largest absolute Gasteiger partial charge is 0.350 e. The fourth-order valence-corrected chi connectivity index (χ4v) is 5.26. The van der Waals surface area contributed by atoms with Crippen LogP contribution < -0.4 is 5.32 Å². The lowest BCUT2D eigenvalue weighted by molar-refractivity contribution is -0.152. The van der Waals surface area contributed by atoms with Crippen LogP contribution in [0.25, 0.3) is 0 Å². The molecule has 9 heteroatoms. The highest BCUT2D eigenvalue weighted by atomic mass is 35.5. The Morgan fingerprint density at radius 1 is 1.15 bits per heavy atom. The van der Waals surface area contributed by atoms with Crippen LogP contribution >= 0.6 is 23.4 Å². The van der Waals surface area contributed by atoms with Gasteiger partial charge in [0.1, 0.15) is 6.04 Å². The summed E-state index contributed by atoms with van der Waals surface area (Å²) in [7, 11) is 0. The molecule has 2 fully saturated rings. The van der Waals surface area contributed by atoms with E-state index in [-0.39, 0.29) is 42.0 Å². The highest BCUT2D eigenvalue weighted by Gasteiger charge is 2.52. The molecule has 1 aliphatic heterocycles. The molecule has 3 rings (SSSR count). The molecule has 4 amide bonds. The molecule has 33 heavy (non-hydrogen) atoms. The Morgan fingerprint density at radius 3 is 2.30 bits per heavy atom. The highest BCUT2D eigenvalue weighted by molar-refractivity contribution is 7.98. The van der Waals surface area contributed by atoms with Gasteiger partial charge in [-0.25, -0.2) is 0 Å². The first-order valence-corrected chi connectivity index (χ1v) is 13.3. The molecule has 1 aromatic carbocycles. The standard InChI is InChI=1S/C24H32ClN3O4S/c1-3-27(15-21(29)26-14-16-8-10-17(25)11-9-16)24(32)20(12-13-33-2)28-22(30)18-6-4-5-7-19(18)23(28)31/h8-11,18-20H,3-7,12-15H2,1-2H3,(H,26,29). The average molecular weight is 494 g/mol. The number of likely N-dealkylation sites (N-methyl/N-ethyl adjacent to an activating group) is 1. The van der Waals surface area contributed by atoms with Crippen LogP contribution in [0.15, 0.2) is 24.3 Å². The lowest BCUT2D eigenvalue weighted by atomic mass is 9.81. The van der Waals surface area contributed by atoms with Crippen LogP contribution in [0.1, 0.15) is 44.6 Å². The lowest BCUT2D eigenvalue weighted by Crippen LogP contribution is -2.53. The van der Waals surface area contributed by atoms with Gasteiger partial charge in [0, 0.05) is 18.1 Å². The van der Waals surface area contributed by atoms with E-state index in [4.69, 9.17) is 11.6 Å². The summed E-state index contributed by atoms with van der Waals surface area (Å²) in [6.45, 7) is 2.31. The number of halogens is 1. The van der Waals surface area contributed by atoms with Crippen molar-refractivity contribution in [3.63, 3.8) is 0 Å². The molecule has 7 nitrogen and oxygen atoms in total. The molecule has 1 aliphatic carbocycles. The molecule has 3 atom stereocenters.